The van der Waals surface area contributed by atoms with Crippen molar-refractivity contribution in [1.29, 1.82) is 0 Å². The van der Waals surface area contributed by atoms with E-state index in [4.69, 9.17) is 4.42 Å². The molecule has 2 rings (SSSR count). The Morgan fingerprint density at radius 3 is 2.94 bits per heavy atom. The number of nitrogens with one attached hydrogen (secondary N) is 1. The summed E-state index contributed by atoms with van der Waals surface area (Å²) >= 11 is 0. The first-order valence-electron chi connectivity index (χ1n) is 6.51. The summed E-state index contributed by atoms with van der Waals surface area (Å²) in [6.45, 7) is 2.16. The summed E-state index contributed by atoms with van der Waals surface area (Å²) in [7, 11) is 0. The van der Waals surface area contributed by atoms with Crippen molar-refractivity contribution >= 4 is 11.1 Å². The minimum atomic E-state index is -0.480. The Morgan fingerprint density at radius 1 is 1.33 bits per heavy atom. The quantitative estimate of drug-likeness (QED) is 0.773. The lowest BCUT2D eigenvalue weighted by Gasteiger charge is -2.10. The average Bonchev–Trinajstić information content (AvgIpc) is 2.73. The second kappa shape index (κ2) is 5.87. The van der Waals surface area contributed by atoms with Crippen LogP contribution in [0.2, 0.25) is 0 Å². The second-order valence-corrected chi connectivity index (χ2v) is 4.64. The van der Waals surface area contributed by atoms with E-state index < -0.39 is 11.9 Å². The number of benzene rings is 1. The summed E-state index contributed by atoms with van der Waals surface area (Å²) in [5.41, 5.74) is 1.98. The zero-order valence-corrected chi connectivity index (χ0v) is 10.6. The van der Waals surface area contributed by atoms with Gasteiger partial charge in [-0.05, 0) is 24.1 Å². The molecule has 0 amide bonds. The Morgan fingerprint density at radius 2 is 2.17 bits per heavy atom. The van der Waals surface area contributed by atoms with Crippen molar-refractivity contribution < 1.29 is 9.52 Å². The molecule has 0 fully saturated rings. The smallest absolute Gasteiger partial charge is 0.408 e. The Balaban J connectivity index is 2.03. The molecule has 0 saturated heterocycles. The third-order valence-electron chi connectivity index (χ3n) is 3.16. The molecule has 0 aliphatic carbocycles. The molecule has 98 valence electrons. The van der Waals surface area contributed by atoms with Crippen LogP contribution in [0.15, 0.2) is 27.4 Å². The van der Waals surface area contributed by atoms with Gasteiger partial charge in [-0.2, -0.15) is 0 Å². The van der Waals surface area contributed by atoms with Gasteiger partial charge < -0.3 is 9.52 Å². The number of hydrogen-bond donors (Lipinski definition) is 2. The molecule has 2 N–H and O–H groups in total. The molecule has 0 aliphatic rings. The number of aromatic nitrogens is 1. The van der Waals surface area contributed by atoms with E-state index in [0.717, 1.165) is 24.8 Å². The molecule has 4 nitrogen and oxygen atoms in total. The highest BCUT2D eigenvalue weighted by Gasteiger charge is 2.09. The number of hydrogen-bond acceptors (Lipinski definition) is 3. The monoisotopic (exact) mass is 249 g/mol. The standard InChI is InChI=1S/C14H19NO3/c1-2-3-4-5-6-12(16)10-7-8-11-13(9-10)18-14(17)15-11/h7-9,12,16H,2-6H2,1H3,(H,15,17). The molecule has 0 bridgehead atoms. The predicted octanol–water partition coefficient (Wildman–Crippen LogP) is 3.12. The molecule has 0 spiro atoms. The van der Waals surface area contributed by atoms with Gasteiger partial charge in [-0.1, -0.05) is 38.7 Å². The van der Waals surface area contributed by atoms with E-state index in [2.05, 4.69) is 11.9 Å². The van der Waals surface area contributed by atoms with Crippen molar-refractivity contribution in [3.63, 3.8) is 0 Å². The molecule has 2 aromatic rings. The number of oxazole rings is 1. The summed E-state index contributed by atoms with van der Waals surface area (Å²) in [4.78, 5) is 13.6. The third-order valence-corrected chi connectivity index (χ3v) is 3.16. The Kier molecular flexibility index (Phi) is 4.20. The first-order valence-corrected chi connectivity index (χ1v) is 6.51. The zero-order valence-electron chi connectivity index (χ0n) is 10.6. The SMILES string of the molecule is CCCCCCC(O)c1ccc2[nH]c(=O)oc2c1. The second-order valence-electron chi connectivity index (χ2n) is 4.64. The van der Waals surface area contributed by atoms with Gasteiger partial charge >= 0.3 is 5.76 Å². The van der Waals surface area contributed by atoms with Crippen LogP contribution in [-0.2, 0) is 0 Å². The number of H-pyrrole nitrogens is 1. The number of aliphatic hydroxyl groups is 1. The molecule has 0 saturated carbocycles. The van der Waals surface area contributed by atoms with Crippen molar-refractivity contribution in [2.45, 2.75) is 45.1 Å². The van der Waals surface area contributed by atoms with E-state index in [0.29, 0.717) is 11.1 Å². The van der Waals surface area contributed by atoms with E-state index >= 15 is 0 Å². The molecule has 1 aromatic carbocycles. The van der Waals surface area contributed by atoms with Gasteiger partial charge in [0.15, 0.2) is 5.58 Å². The van der Waals surface area contributed by atoms with Gasteiger partial charge in [0.2, 0.25) is 0 Å². The first kappa shape index (κ1) is 12.9. The van der Waals surface area contributed by atoms with E-state index in [1.165, 1.54) is 12.8 Å². The van der Waals surface area contributed by atoms with Gasteiger partial charge in [-0.3, -0.25) is 4.98 Å². The van der Waals surface area contributed by atoms with Gasteiger partial charge in [-0.25, -0.2) is 4.79 Å². The van der Waals surface area contributed by atoms with Crippen LogP contribution in [-0.4, -0.2) is 10.1 Å². The van der Waals surface area contributed by atoms with Crippen LogP contribution in [0.3, 0.4) is 0 Å². The van der Waals surface area contributed by atoms with Crippen LogP contribution >= 0.6 is 0 Å². The lowest BCUT2D eigenvalue weighted by atomic mass is 10.0. The predicted molar refractivity (Wildman–Crippen MR) is 70.6 cm³/mol. The van der Waals surface area contributed by atoms with Crippen LogP contribution in [0.25, 0.3) is 11.1 Å². The molecule has 0 aliphatic heterocycles. The number of fused-ring (bicyclic) bond motifs is 1. The van der Waals surface area contributed by atoms with E-state index in [1.807, 2.05) is 6.07 Å². The first-order chi connectivity index (χ1) is 8.70. The molecule has 1 unspecified atom stereocenters. The Hall–Kier alpha value is -1.55. The zero-order chi connectivity index (χ0) is 13.0. The summed E-state index contributed by atoms with van der Waals surface area (Å²) in [5, 5.41) is 10.1. The molecule has 1 aromatic heterocycles. The van der Waals surface area contributed by atoms with Crippen molar-refractivity contribution in [2.75, 3.05) is 0 Å². The molecular weight excluding hydrogens is 230 g/mol. The molecule has 0 radical (unpaired) electrons. The maximum atomic E-state index is 11.0. The van der Waals surface area contributed by atoms with Gasteiger partial charge in [-0.15, -0.1) is 0 Å². The van der Waals surface area contributed by atoms with Gasteiger partial charge in [0, 0.05) is 0 Å². The maximum Gasteiger partial charge on any atom is 0.417 e. The molecular formula is C14H19NO3. The number of rotatable bonds is 6. The van der Waals surface area contributed by atoms with Crippen molar-refractivity contribution in [1.82, 2.24) is 4.98 Å². The molecule has 4 heteroatoms. The van der Waals surface area contributed by atoms with Crippen LogP contribution in [0.5, 0.6) is 0 Å². The highest BCUT2D eigenvalue weighted by molar-refractivity contribution is 5.72. The maximum absolute atomic E-state index is 11.0. The number of aliphatic hydroxyl groups excluding tert-OH is 1. The summed E-state index contributed by atoms with van der Waals surface area (Å²) in [5.74, 6) is -0.459. The largest absolute Gasteiger partial charge is 0.417 e. The Labute approximate surface area is 106 Å². The summed E-state index contributed by atoms with van der Waals surface area (Å²) < 4.78 is 4.98. The van der Waals surface area contributed by atoms with E-state index in [-0.39, 0.29) is 0 Å². The van der Waals surface area contributed by atoms with Crippen LogP contribution in [0, 0.1) is 0 Å². The van der Waals surface area contributed by atoms with Crippen molar-refractivity contribution in [3.8, 4) is 0 Å². The summed E-state index contributed by atoms with van der Waals surface area (Å²) in [6.07, 6.45) is 4.83. The lowest BCUT2D eigenvalue weighted by molar-refractivity contribution is 0.163. The van der Waals surface area contributed by atoms with Gasteiger partial charge in [0.25, 0.3) is 0 Å². The van der Waals surface area contributed by atoms with Gasteiger partial charge in [0.1, 0.15) is 0 Å². The van der Waals surface area contributed by atoms with Crippen LogP contribution in [0.1, 0.15) is 50.7 Å². The fourth-order valence-electron chi connectivity index (χ4n) is 2.10. The minimum Gasteiger partial charge on any atom is -0.408 e. The van der Waals surface area contributed by atoms with E-state index in [9.17, 15) is 9.90 Å². The highest BCUT2D eigenvalue weighted by Crippen LogP contribution is 2.23. The minimum absolute atomic E-state index is 0.459. The fraction of sp³-hybridized carbons (Fsp3) is 0.500. The topological polar surface area (TPSA) is 66.2 Å². The lowest BCUT2D eigenvalue weighted by Crippen LogP contribution is -1.97. The normalized spacial score (nSPS) is 13.0. The number of unbranched alkanes of at least 4 members (excludes halogenated alkanes) is 3. The Bertz CT molecular complexity index is 555. The molecule has 18 heavy (non-hydrogen) atoms. The summed E-state index contributed by atoms with van der Waals surface area (Å²) in [6, 6.07) is 5.33. The molecule has 1 atom stereocenters. The molecule has 1 heterocycles. The van der Waals surface area contributed by atoms with Crippen LogP contribution < -0.4 is 5.76 Å². The number of aromatic amines is 1. The highest BCUT2D eigenvalue weighted by atomic mass is 16.4. The van der Waals surface area contributed by atoms with Crippen molar-refractivity contribution in [3.05, 3.63) is 34.3 Å². The van der Waals surface area contributed by atoms with Gasteiger partial charge in [0.05, 0.1) is 11.6 Å². The fourth-order valence-corrected chi connectivity index (χ4v) is 2.10. The third kappa shape index (κ3) is 3.01. The average molecular weight is 249 g/mol. The van der Waals surface area contributed by atoms with E-state index in [1.54, 1.807) is 12.1 Å². The van der Waals surface area contributed by atoms with Crippen molar-refractivity contribution in [2.24, 2.45) is 0 Å². The van der Waals surface area contributed by atoms with Crippen LogP contribution in [0.4, 0.5) is 0 Å².